The van der Waals surface area contributed by atoms with Crippen molar-refractivity contribution in [2.75, 3.05) is 19.8 Å². The maximum absolute atomic E-state index is 11.5. The molecule has 9 aliphatic rings. The van der Waals surface area contributed by atoms with Crippen LogP contribution in [0.5, 0.6) is 34.5 Å². The molecule has 6 aliphatic heterocycles. The summed E-state index contributed by atoms with van der Waals surface area (Å²) >= 11 is 0. The van der Waals surface area contributed by atoms with Crippen LogP contribution < -0.4 is 50.5 Å². The first kappa shape index (κ1) is 62.6. The second-order valence-corrected chi connectivity index (χ2v) is 21.5. The molecule has 2 fully saturated rings. The third-order valence-corrected chi connectivity index (χ3v) is 14.9. The highest BCUT2D eigenvalue weighted by Crippen LogP contribution is 2.37. The third kappa shape index (κ3) is 14.2. The number of rotatable bonds is 9. The molecule has 91 heavy (non-hydrogen) atoms. The van der Waals surface area contributed by atoms with Gasteiger partial charge in [-0.15, -0.1) is 0 Å². The van der Waals surface area contributed by atoms with Crippen molar-refractivity contribution in [1.29, 1.82) is 0 Å². The number of nitrogens with zero attached hydrogens (tertiary/aromatic N) is 4. The van der Waals surface area contributed by atoms with Crippen molar-refractivity contribution < 1.29 is 81.8 Å². The van der Waals surface area contributed by atoms with Gasteiger partial charge in [-0.05, 0) is 109 Å². The van der Waals surface area contributed by atoms with Gasteiger partial charge >= 0.3 is 5.97 Å². The normalized spacial score (nSPS) is 21.5. The highest BCUT2D eigenvalue weighted by molar-refractivity contribution is 5.80. The monoisotopic (exact) mass is 1240 g/mol. The molecule has 0 amide bonds. The number of fused-ring (bicyclic) bond motifs is 8. The molecule has 0 bridgehead atoms. The van der Waals surface area contributed by atoms with Crippen molar-refractivity contribution in [2.45, 2.75) is 76.9 Å². The number of aromatic nitrogens is 3. The molecular weight excluding hydrogens is 1180 g/mol. The average Bonchev–Trinajstić information content (AvgIpc) is 2.36. The maximum Gasteiger partial charge on any atom is 0.308 e. The number of hydrogen-bond acceptors (Lipinski definition) is 24. The van der Waals surface area contributed by atoms with E-state index in [0.29, 0.717) is 103 Å². The SMILES string of the molecule is C=c1ccc2c(c1)Oc1cc(OC(C)=O)ccc1N=2.CCOc1ccc2nc3ccc(=O)cc-3oc2c1.C[C@@H]1[C@H](O)[C@@H](O)[C@H](Oc2ccc3nc4ccc(=O)cc-4oc3c2)O[C@@H]1CO.C[C@H]1[C@H](O)[C@@H](O)[C@H](Oc2ccc3nc4ccc(=O)cc-4oc3c2)O[C@@H]1CO. The molecule has 5 aromatic rings. The minimum absolute atomic E-state index is 0.0895. The van der Waals surface area contributed by atoms with Crippen LogP contribution in [0.15, 0.2) is 178 Å². The van der Waals surface area contributed by atoms with Gasteiger partial charge in [-0.3, -0.25) is 19.2 Å². The lowest BCUT2D eigenvalue weighted by Crippen LogP contribution is -2.56. The van der Waals surface area contributed by atoms with Gasteiger partial charge in [0.25, 0.3) is 0 Å². The van der Waals surface area contributed by atoms with E-state index in [9.17, 15) is 49.8 Å². The van der Waals surface area contributed by atoms with Gasteiger partial charge in [-0.2, -0.15) is 0 Å². The van der Waals surface area contributed by atoms with E-state index in [1.165, 1.54) is 43.3 Å². The van der Waals surface area contributed by atoms with E-state index < -0.39 is 61.0 Å². The summed E-state index contributed by atoms with van der Waals surface area (Å²) in [6.07, 6.45) is -8.32. The van der Waals surface area contributed by atoms with Crippen LogP contribution in [0.4, 0.5) is 5.69 Å². The largest absolute Gasteiger partial charge is 0.494 e. The van der Waals surface area contributed by atoms with E-state index in [-0.39, 0.29) is 35.5 Å². The lowest BCUT2D eigenvalue weighted by molar-refractivity contribution is -0.261. The minimum atomic E-state index is -1.27. The quantitative estimate of drug-likeness (QED) is 0.0527. The number of ether oxygens (including phenoxy) is 7. The molecule has 0 aromatic heterocycles. The smallest absolute Gasteiger partial charge is 0.308 e. The molecule has 24 nitrogen and oxygen atoms in total. The zero-order chi connectivity index (χ0) is 64.2. The number of carbonyl (C=O) groups excluding carboxylic acids is 1. The molecule has 10 atom stereocenters. The Balaban J connectivity index is 0.000000127. The van der Waals surface area contributed by atoms with Crippen molar-refractivity contribution in [1.82, 2.24) is 15.0 Å². The Bertz CT molecular complexity index is 4490. The van der Waals surface area contributed by atoms with Crippen LogP contribution in [0.2, 0.25) is 0 Å². The van der Waals surface area contributed by atoms with Crippen molar-refractivity contribution in [3.05, 3.63) is 187 Å². The van der Waals surface area contributed by atoms with Crippen LogP contribution in [-0.2, 0) is 14.3 Å². The van der Waals surface area contributed by atoms with Gasteiger partial charge in [0.2, 0.25) is 12.6 Å². The van der Waals surface area contributed by atoms with Crippen LogP contribution in [0, 0.1) is 11.8 Å². The van der Waals surface area contributed by atoms with Crippen LogP contribution in [0.3, 0.4) is 0 Å². The van der Waals surface area contributed by atoms with Crippen molar-refractivity contribution in [2.24, 2.45) is 16.8 Å². The molecule has 0 unspecified atom stereocenters. The highest BCUT2D eigenvalue weighted by Gasteiger charge is 2.44. The molecule has 3 aliphatic carbocycles. The first-order valence-electron chi connectivity index (χ1n) is 28.7. The molecule has 0 radical (unpaired) electrons. The van der Waals surface area contributed by atoms with Crippen molar-refractivity contribution >= 4 is 51.5 Å². The van der Waals surface area contributed by atoms with Crippen molar-refractivity contribution in [3.63, 3.8) is 0 Å². The fourth-order valence-corrected chi connectivity index (χ4v) is 10.1. The Hall–Kier alpha value is -10.0. The van der Waals surface area contributed by atoms with Gasteiger partial charge in [0, 0.05) is 61.2 Å². The summed E-state index contributed by atoms with van der Waals surface area (Å²) in [7, 11) is 0. The number of esters is 1. The topological polar surface area (TPSA) is 345 Å². The summed E-state index contributed by atoms with van der Waals surface area (Å²) in [4.78, 5) is 63.0. The third-order valence-electron chi connectivity index (χ3n) is 14.9. The summed E-state index contributed by atoms with van der Waals surface area (Å²) in [5.74, 6) is 3.00. The van der Waals surface area contributed by atoms with Crippen molar-refractivity contribution in [3.8, 4) is 68.9 Å². The summed E-state index contributed by atoms with van der Waals surface area (Å²) < 4.78 is 55.8. The van der Waals surface area contributed by atoms with E-state index >= 15 is 0 Å². The Kier molecular flexibility index (Phi) is 18.6. The molecule has 0 spiro atoms. The summed E-state index contributed by atoms with van der Waals surface area (Å²) in [5.41, 5.74) is 5.32. The van der Waals surface area contributed by atoms with E-state index in [1.807, 2.05) is 37.3 Å². The van der Waals surface area contributed by atoms with Crippen LogP contribution in [0.1, 0.15) is 27.7 Å². The average molecular weight is 1240 g/mol. The summed E-state index contributed by atoms with van der Waals surface area (Å²) in [6, 6.07) is 39.2. The fourth-order valence-electron chi connectivity index (χ4n) is 10.1. The lowest BCUT2D eigenvalue weighted by Gasteiger charge is -2.40. The van der Waals surface area contributed by atoms with E-state index in [4.69, 9.17) is 46.4 Å². The standard InChI is InChI=1S/2C19H19NO7.C15H11NO3.C14H11NO3/c2*1-9-16(8-21)27-19(18(24)17(9)23)25-11-3-5-13-15(7-11)26-14-6-10(22)2-4-12(14)20-13;1-9-3-5-12-14(7-9)19-15-8-11(18-10(2)17)4-6-13(15)16-12;1-2-17-10-4-6-12-14(8-10)18-13-7-9(16)3-5-11(13)15-12/h2*2-7,9,16-19,21,23-24H,8H2,1H3;3-8H,1H2,2H3;3-8H,2H2,1H3/t9-,16+,17-,18+,19+;9-,16-,17+,18-,19-;;/m01../s1. The Labute approximate surface area is 515 Å². The first-order valence-corrected chi connectivity index (χ1v) is 28.7. The molecule has 6 N–H and O–H groups in total. The molecular formula is C67H60N4O20. The second-order valence-electron chi connectivity index (χ2n) is 21.5. The van der Waals surface area contributed by atoms with E-state index in [2.05, 4.69) is 26.5 Å². The second kappa shape index (κ2) is 27.0. The minimum Gasteiger partial charge on any atom is -0.494 e. The number of aliphatic hydroxyl groups excluding tert-OH is 6. The lowest BCUT2D eigenvalue weighted by atomic mass is 9.91. The summed E-state index contributed by atoms with van der Waals surface area (Å²) in [5, 5.41) is 61.1. The molecule has 24 heteroatoms. The Morgan fingerprint density at radius 3 is 1.40 bits per heavy atom. The highest BCUT2D eigenvalue weighted by atomic mass is 16.7. The number of hydrogen-bond donors (Lipinski definition) is 6. The zero-order valence-electron chi connectivity index (χ0n) is 49.1. The summed E-state index contributed by atoms with van der Waals surface area (Å²) in [6.45, 7) is 10.5. The van der Waals surface area contributed by atoms with Gasteiger partial charge < -0.3 is 77.0 Å². The van der Waals surface area contributed by atoms with E-state index in [0.717, 1.165) is 21.8 Å². The van der Waals surface area contributed by atoms with Gasteiger partial charge in [-0.25, -0.2) is 19.9 Å². The molecule has 5 aromatic carbocycles. The van der Waals surface area contributed by atoms with Gasteiger partial charge in [-0.1, -0.05) is 26.5 Å². The van der Waals surface area contributed by atoms with Gasteiger partial charge in [0.15, 0.2) is 61.8 Å². The Morgan fingerprint density at radius 1 is 0.516 bits per heavy atom. The molecule has 6 heterocycles. The number of aliphatic hydroxyl groups is 6. The predicted molar refractivity (Wildman–Crippen MR) is 327 cm³/mol. The maximum atomic E-state index is 11.5. The van der Waals surface area contributed by atoms with Gasteiger partial charge in [0.05, 0.1) is 44.2 Å². The van der Waals surface area contributed by atoms with E-state index in [1.54, 1.807) is 92.7 Å². The predicted octanol–water partition coefficient (Wildman–Crippen LogP) is 6.26. The first-order chi connectivity index (χ1) is 43.8. The number of benzene rings is 8. The van der Waals surface area contributed by atoms with Crippen LogP contribution in [0.25, 0.3) is 74.2 Å². The molecule has 2 saturated heterocycles. The molecule has 0 saturated carbocycles. The zero-order valence-corrected chi connectivity index (χ0v) is 49.1. The Morgan fingerprint density at radius 2 is 0.956 bits per heavy atom. The van der Waals surface area contributed by atoms with Gasteiger partial charge in [0.1, 0.15) is 79.9 Å². The number of carbonyl (C=O) groups is 1. The molecule has 14 rings (SSSR count). The van der Waals surface area contributed by atoms with Crippen LogP contribution >= 0.6 is 0 Å². The molecule has 468 valence electrons. The van der Waals surface area contributed by atoms with Crippen LogP contribution in [-0.4, -0.2) is 121 Å². The fraction of sp³-hybridized carbons (Fsp3) is 0.254.